The predicted octanol–water partition coefficient (Wildman–Crippen LogP) is 5.60. The summed E-state index contributed by atoms with van der Waals surface area (Å²) >= 11 is 0. The van der Waals surface area contributed by atoms with Crippen LogP contribution >= 0.6 is 0 Å². The second-order valence-corrected chi connectivity index (χ2v) is 7.11. The number of fused-ring (bicyclic) bond motifs is 1. The van der Waals surface area contributed by atoms with Gasteiger partial charge in [0.2, 0.25) is 0 Å². The van der Waals surface area contributed by atoms with Crippen molar-refractivity contribution in [1.82, 2.24) is 0 Å². The van der Waals surface area contributed by atoms with E-state index in [1.54, 1.807) is 0 Å². The van der Waals surface area contributed by atoms with Gasteiger partial charge in [0.25, 0.3) is 0 Å². The fraction of sp³-hybridized carbons (Fsp3) is 0.200. The molecule has 3 aromatic rings. The Hall–Kier alpha value is -2.64. The fourth-order valence-electron chi connectivity index (χ4n) is 3.83. The van der Waals surface area contributed by atoms with Gasteiger partial charge in [-0.3, -0.25) is 0 Å². The van der Waals surface area contributed by atoms with E-state index < -0.39 is 0 Å². The van der Waals surface area contributed by atoms with Gasteiger partial charge in [-0.2, -0.15) is 0 Å². The van der Waals surface area contributed by atoms with Gasteiger partial charge < -0.3 is 5.32 Å². The molecule has 0 saturated carbocycles. The largest absolute Gasteiger partial charge is 0.316 e. The van der Waals surface area contributed by atoms with Crippen molar-refractivity contribution >= 4 is 22.5 Å². The highest BCUT2D eigenvalue weighted by Crippen LogP contribution is 2.40. The van der Waals surface area contributed by atoms with Crippen LogP contribution < -0.4 is 5.32 Å². The lowest BCUT2D eigenvalue weighted by molar-refractivity contribution is -0.540. The first-order valence-electron chi connectivity index (χ1n) is 9.32. The van der Waals surface area contributed by atoms with E-state index in [0.717, 1.165) is 12.8 Å². The highest BCUT2D eigenvalue weighted by Gasteiger charge is 2.30. The first kappa shape index (κ1) is 18.2. The van der Waals surface area contributed by atoms with Gasteiger partial charge in [-0.25, -0.2) is 0 Å². The summed E-state index contributed by atoms with van der Waals surface area (Å²) in [5.74, 6) is 0. The predicted molar refractivity (Wildman–Crippen MR) is 114 cm³/mol. The van der Waals surface area contributed by atoms with Gasteiger partial charge in [-0.15, -0.1) is 6.58 Å². The number of rotatable bonds is 7. The van der Waals surface area contributed by atoms with Gasteiger partial charge in [0.1, 0.15) is 5.69 Å². The third kappa shape index (κ3) is 3.79. The molecular weight excluding hydrogens is 314 g/mol. The molecule has 0 radical (unpaired) electrons. The highest BCUT2D eigenvalue weighted by molar-refractivity contribution is 5.89. The zero-order chi connectivity index (χ0) is 18.4. The Kier molecular flexibility index (Phi) is 5.70. The van der Waals surface area contributed by atoms with Crippen LogP contribution in [-0.2, 0) is 5.41 Å². The van der Waals surface area contributed by atoms with Gasteiger partial charge in [0.05, 0.1) is 7.05 Å². The lowest BCUT2D eigenvalue weighted by Gasteiger charge is -2.30. The van der Waals surface area contributed by atoms with Crippen molar-refractivity contribution in [2.75, 3.05) is 7.05 Å². The monoisotopic (exact) mass is 342 g/mol. The molecule has 0 amide bonds. The number of hydrogen-bond acceptors (Lipinski definition) is 0. The highest BCUT2D eigenvalue weighted by atomic mass is 14.8. The summed E-state index contributed by atoms with van der Waals surface area (Å²) < 4.78 is 0. The number of benzene rings is 3. The Morgan fingerprint density at radius 1 is 0.923 bits per heavy atom. The second-order valence-electron chi connectivity index (χ2n) is 7.11. The molecule has 1 heteroatoms. The van der Waals surface area contributed by atoms with E-state index in [0.29, 0.717) is 0 Å². The average molecular weight is 343 g/mol. The molecule has 0 aromatic heterocycles. The van der Waals surface area contributed by atoms with Crippen molar-refractivity contribution in [2.45, 2.75) is 25.2 Å². The van der Waals surface area contributed by atoms with Gasteiger partial charge in [0, 0.05) is 11.0 Å². The number of nitrogens with two attached hydrogens (primary N) is 1. The van der Waals surface area contributed by atoms with Gasteiger partial charge in [-0.1, -0.05) is 79.7 Å². The molecule has 0 aliphatic heterocycles. The van der Waals surface area contributed by atoms with Crippen LogP contribution in [0.4, 0.5) is 5.69 Å². The van der Waals surface area contributed by atoms with E-state index in [-0.39, 0.29) is 5.41 Å². The first-order valence-corrected chi connectivity index (χ1v) is 9.32. The van der Waals surface area contributed by atoms with Gasteiger partial charge in [-0.05, 0) is 41.3 Å². The molecule has 0 aliphatic carbocycles. The van der Waals surface area contributed by atoms with Crippen LogP contribution in [-0.4, -0.2) is 7.05 Å². The van der Waals surface area contributed by atoms with Crippen molar-refractivity contribution in [2.24, 2.45) is 0 Å². The smallest absolute Gasteiger partial charge is 0.133 e. The molecule has 3 aromatic carbocycles. The van der Waals surface area contributed by atoms with E-state index >= 15 is 0 Å². The van der Waals surface area contributed by atoms with E-state index in [1.165, 1.54) is 27.6 Å². The summed E-state index contributed by atoms with van der Waals surface area (Å²) in [7, 11) is 2.13. The Morgan fingerprint density at radius 3 is 2.38 bits per heavy atom. The quantitative estimate of drug-likeness (QED) is 0.425. The Balaban J connectivity index is 2.05. The summed E-state index contributed by atoms with van der Waals surface area (Å²) in [6.45, 7) is 6.40. The Bertz CT molecular complexity index is 908. The summed E-state index contributed by atoms with van der Waals surface area (Å²) in [5, 5.41) is 4.88. The summed E-state index contributed by atoms with van der Waals surface area (Å²) in [6, 6.07) is 23.7. The SMILES string of the molecule is C=CCC(C)(C/C=C/c1ccccc1)c1c([NH2+]C)ccc2ccccc12. The fourth-order valence-corrected chi connectivity index (χ4v) is 3.83. The minimum absolute atomic E-state index is 0.00966. The van der Waals surface area contributed by atoms with Crippen LogP contribution in [0.5, 0.6) is 0 Å². The molecule has 0 fully saturated rings. The number of quaternary nitrogens is 1. The van der Waals surface area contributed by atoms with E-state index in [1.807, 2.05) is 0 Å². The molecular formula is C25H28N+. The molecule has 132 valence electrons. The van der Waals surface area contributed by atoms with Crippen LogP contribution in [0.15, 0.2) is 85.5 Å². The van der Waals surface area contributed by atoms with Crippen LogP contribution in [0, 0.1) is 0 Å². The maximum atomic E-state index is 4.04. The molecule has 1 nitrogen and oxygen atoms in total. The van der Waals surface area contributed by atoms with Crippen molar-refractivity contribution in [3.63, 3.8) is 0 Å². The summed E-state index contributed by atoms with van der Waals surface area (Å²) in [5.41, 5.74) is 4.00. The normalized spacial score (nSPS) is 13.8. The van der Waals surface area contributed by atoms with Crippen molar-refractivity contribution in [1.29, 1.82) is 0 Å². The standard InChI is InChI=1S/C25H27N/c1-4-18-25(2,19-10-13-20-11-6-5-7-12-20)24-22-15-9-8-14-21(22)16-17-23(24)26-3/h4-17,26H,1,18-19H2,2-3H3/p+1/b13-10+. The third-order valence-electron chi connectivity index (χ3n) is 5.15. The van der Waals surface area contributed by atoms with Crippen LogP contribution in [0.2, 0.25) is 0 Å². The Labute approximate surface area is 157 Å². The molecule has 0 heterocycles. The molecule has 26 heavy (non-hydrogen) atoms. The van der Waals surface area contributed by atoms with Crippen molar-refractivity contribution < 1.29 is 5.32 Å². The molecule has 3 rings (SSSR count). The van der Waals surface area contributed by atoms with Crippen molar-refractivity contribution in [3.05, 3.63) is 96.6 Å². The van der Waals surface area contributed by atoms with Gasteiger partial charge in [0.15, 0.2) is 0 Å². The molecule has 0 aliphatic rings. The van der Waals surface area contributed by atoms with Crippen molar-refractivity contribution in [3.8, 4) is 0 Å². The zero-order valence-electron chi connectivity index (χ0n) is 15.8. The second kappa shape index (κ2) is 8.16. The van der Waals surface area contributed by atoms with Gasteiger partial charge >= 0.3 is 0 Å². The number of allylic oxidation sites excluding steroid dienone is 2. The molecule has 0 bridgehead atoms. The molecule has 2 N–H and O–H groups in total. The minimum Gasteiger partial charge on any atom is -0.316 e. The molecule has 0 saturated heterocycles. The Morgan fingerprint density at radius 2 is 1.65 bits per heavy atom. The topological polar surface area (TPSA) is 16.6 Å². The summed E-state index contributed by atoms with van der Waals surface area (Å²) in [6.07, 6.45) is 8.50. The van der Waals surface area contributed by atoms with E-state index in [4.69, 9.17) is 0 Å². The average Bonchev–Trinajstić information content (AvgIpc) is 2.68. The summed E-state index contributed by atoms with van der Waals surface area (Å²) in [4.78, 5) is 0. The molecule has 0 spiro atoms. The molecule has 1 unspecified atom stereocenters. The van der Waals surface area contributed by atoms with Crippen LogP contribution in [0.3, 0.4) is 0 Å². The minimum atomic E-state index is 0.00966. The maximum Gasteiger partial charge on any atom is 0.133 e. The molecule has 1 atom stereocenters. The van der Waals surface area contributed by atoms with Crippen LogP contribution in [0.1, 0.15) is 30.9 Å². The zero-order valence-corrected chi connectivity index (χ0v) is 15.8. The lowest BCUT2D eigenvalue weighted by Crippen LogP contribution is -2.73. The van der Waals surface area contributed by atoms with E-state index in [9.17, 15) is 0 Å². The first-order chi connectivity index (χ1) is 12.7. The number of hydrogen-bond donors (Lipinski definition) is 1. The lowest BCUT2D eigenvalue weighted by atomic mass is 9.73. The maximum absolute atomic E-state index is 4.04. The van der Waals surface area contributed by atoms with E-state index in [2.05, 4.69) is 111 Å². The van der Waals surface area contributed by atoms with Crippen LogP contribution in [0.25, 0.3) is 16.8 Å². The third-order valence-corrected chi connectivity index (χ3v) is 5.15.